The van der Waals surface area contributed by atoms with Gasteiger partial charge in [-0.2, -0.15) is 0 Å². The Morgan fingerprint density at radius 1 is 1.13 bits per heavy atom. The van der Waals surface area contributed by atoms with Crippen LogP contribution in [-0.4, -0.2) is 37.7 Å². The van der Waals surface area contributed by atoms with Crippen LogP contribution in [0, 0.1) is 5.92 Å². The summed E-state index contributed by atoms with van der Waals surface area (Å²) in [6.07, 6.45) is 6.43. The Kier molecular flexibility index (Phi) is 7.03. The second-order valence-corrected chi connectivity index (χ2v) is 4.71. The Morgan fingerprint density at radius 3 is 2.47 bits per heavy atom. The molecule has 0 bridgehead atoms. The normalized spacial score (nSPS) is 19.6. The molecule has 1 rings (SSSR count). The Balaban J connectivity index is 1.99. The van der Waals surface area contributed by atoms with Crippen LogP contribution in [0.4, 0.5) is 0 Å². The average Bonchev–Trinajstić information content (AvgIpc) is 2.27. The number of likely N-dealkylation sites (tertiary alicyclic amines) is 1. The molecule has 1 heterocycles. The number of ether oxygens (including phenoxy) is 1. The van der Waals surface area contributed by atoms with E-state index < -0.39 is 0 Å². The quantitative estimate of drug-likeness (QED) is 0.603. The summed E-state index contributed by atoms with van der Waals surface area (Å²) in [5.41, 5.74) is 0. The number of hydrogen-bond acceptors (Lipinski definition) is 2. The highest BCUT2D eigenvalue weighted by Crippen LogP contribution is 2.17. The molecule has 1 aliphatic heterocycles. The van der Waals surface area contributed by atoms with Gasteiger partial charge in [0, 0.05) is 13.2 Å². The molecule has 1 aliphatic rings. The van der Waals surface area contributed by atoms with Crippen molar-refractivity contribution >= 4 is 0 Å². The first-order chi connectivity index (χ1) is 7.36. The van der Waals surface area contributed by atoms with Crippen molar-refractivity contribution in [3.63, 3.8) is 0 Å². The van der Waals surface area contributed by atoms with Crippen molar-refractivity contribution < 1.29 is 4.74 Å². The maximum absolute atomic E-state index is 5.69. The first kappa shape index (κ1) is 13.0. The fourth-order valence-electron chi connectivity index (χ4n) is 2.19. The van der Waals surface area contributed by atoms with Gasteiger partial charge < -0.3 is 9.64 Å². The lowest BCUT2D eigenvalue weighted by atomic mass is 9.98. The summed E-state index contributed by atoms with van der Waals surface area (Å²) in [6.45, 7) is 10.3. The van der Waals surface area contributed by atoms with E-state index in [0.717, 1.165) is 19.1 Å². The number of piperidine rings is 1. The first-order valence-electron chi connectivity index (χ1n) is 6.66. The highest BCUT2D eigenvalue weighted by Gasteiger charge is 2.18. The van der Waals surface area contributed by atoms with Gasteiger partial charge in [0.15, 0.2) is 0 Å². The van der Waals surface area contributed by atoms with E-state index >= 15 is 0 Å². The predicted molar refractivity (Wildman–Crippen MR) is 65.2 cm³/mol. The van der Waals surface area contributed by atoms with Crippen LogP contribution in [0.3, 0.4) is 0 Å². The van der Waals surface area contributed by atoms with Crippen LogP contribution in [-0.2, 0) is 4.74 Å². The molecule has 0 aliphatic carbocycles. The standard InChI is InChI=1S/C13H27NO/c1-3-5-11-15-12-13-6-9-14(8-4-2)10-7-13/h13H,3-12H2,1-2H3. The maximum atomic E-state index is 5.69. The van der Waals surface area contributed by atoms with E-state index in [1.165, 1.54) is 51.7 Å². The summed E-state index contributed by atoms with van der Waals surface area (Å²) < 4.78 is 5.69. The zero-order chi connectivity index (χ0) is 10.9. The van der Waals surface area contributed by atoms with Crippen molar-refractivity contribution in [2.24, 2.45) is 5.92 Å². The summed E-state index contributed by atoms with van der Waals surface area (Å²) in [5.74, 6) is 0.829. The third kappa shape index (κ3) is 5.53. The smallest absolute Gasteiger partial charge is 0.0495 e. The van der Waals surface area contributed by atoms with E-state index in [2.05, 4.69) is 18.7 Å². The van der Waals surface area contributed by atoms with Gasteiger partial charge in [-0.1, -0.05) is 20.3 Å². The maximum Gasteiger partial charge on any atom is 0.0495 e. The van der Waals surface area contributed by atoms with Crippen molar-refractivity contribution in [2.75, 3.05) is 32.8 Å². The molecule has 0 amide bonds. The first-order valence-corrected chi connectivity index (χ1v) is 6.66. The molecular weight excluding hydrogens is 186 g/mol. The lowest BCUT2D eigenvalue weighted by molar-refractivity contribution is 0.0656. The highest BCUT2D eigenvalue weighted by atomic mass is 16.5. The van der Waals surface area contributed by atoms with E-state index in [0.29, 0.717) is 0 Å². The molecule has 15 heavy (non-hydrogen) atoms. The van der Waals surface area contributed by atoms with Crippen molar-refractivity contribution in [3.8, 4) is 0 Å². The van der Waals surface area contributed by atoms with Crippen LogP contribution < -0.4 is 0 Å². The van der Waals surface area contributed by atoms with Gasteiger partial charge >= 0.3 is 0 Å². The van der Waals surface area contributed by atoms with Crippen LogP contribution in [0.15, 0.2) is 0 Å². The fourth-order valence-corrected chi connectivity index (χ4v) is 2.19. The zero-order valence-corrected chi connectivity index (χ0v) is 10.5. The van der Waals surface area contributed by atoms with Crippen molar-refractivity contribution in [3.05, 3.63) is 0 Å². The molecule has 0 unspecified atom stereocenters. The third-order valence-electron chi connectivity index (χ3n) is 3.24. The number of unbranched alkanes of at least 4 members (excludes halogenated alkanes) is 1. The summed E-state index contributed by atoms with van der Waals surface area (Å²) in [5, 5.41) is 0. The van der Waals surface area contributed by atoms with Crippen molar-refractivity contribution in [2.45, 2.75) is 46.0 Å². The second-order valence-electron chi connectivity index (χ2n) is 4.71. The van der Waals surface area contributed by atoms with E-state index in [1.54, 1.807) is 0 Å². The number of hydrogen-bond donors (Lipinski definition) is 0. The van der Waals surface area contributed by atoms with Gasteiger partial charge in [-0.25, -0.2) is 0 Å². The summed E-state index contributed by atoms with van der Waals surface area (Å²) in [7, 11) is 0. The molecule has 0 radical (unpaired) electrons. The van der Waals surface area contributed by atoms with E-state index in [4.69, 9.17) is 4.74 Å². The van der Waals surface area contributed by atoms with Gasteiger partial charge in [0.25, 0.3) is 0 Å². The molecule has 0 aromatic rings. The fraction of sp³-hybridized carbons (Fsp3) is 1.00. The molecule has 90 valence electrons. The molecule has 0 aromatic heterocycles. The SMILES string of the molecule is CCCCOCC1CCN(CCC)CC1. The lowest BCUT2D eigenvalue weighted by Crippen LogP contribution is -2.35. The zero-order valence-electron chi connectivity index (χ0n) is 10.5. The number of nitrogens with zero attached hydrogens (tertiary/aromatic N) is 1. The molecule has 0 saturated carbocycles. The number of rotatable bonds is 7. The minimum absolute atomic E-state index is 0.829. The minimum atomic E-state index is 0.829. The van der Waals surface area contributed by atoms with Crippen LogP contribution in [0.2, 0.25) is 0 Å². The van der Waals surface area contributed by atoms with Crippen LogP contribution in [0.5, 0.6) is 0 Å². The van der Waals surface area contributed by atoms with E-state index in [9.17, 15) is 0 Å². The summed E-state index contributed by atoms with van der Waals surface area (Å²) in [4.78, 5) is 2.59. The van der Waals surface area contributed by atoms with Gasteiger partial charge in [0.2, 0.25) is 0 Å². The van der Waals surface area contributed by atoms with Crippen LogP contribution in [0.1, 0.15) is 46.0 Å². The third-order valence-corrected chi connectivity index (χ3v) is 3.24. The average molecular weight is 213 g/mol. The molecule has 2 nitrogen and oxygen atoms in total. The van der Waals surface area contributed by atoms with Gasteiger partial charge in [-0.05, 0) is 51.2 Å². The largest absolute Gasteiger partial charge is 0.381 e. The molecule has 2 heteroatoms. The Hall–Kier alpha value is -0.0800. The Morgan fingerprint density at radius 2 is 1.87 bits per heavy atom. The van der Waals surface area contributed by atoms with Gasteiger partial charge in [0.1, 0.15) is 0 Å². The van der Waals surface area contributed by atoms with E-state index in [-0.39, 0.29) is 0 Å². The molecule has 0 aromatic carbocycles. The predicted octanol–water partition coefficient (Wildman–Crippen LogP) is 2.93. The molecule has 1 saturated heterocycles. The van der Waals surface area contributed by atoms with Gasteiger partial charge in [0.05, 0.1) is 0 Å². The second kappa shape index (κ2) is 8.12. The molecule has 0 N–H and O–H groups in total. The summed E-state index contributed by atoms with van der Waals surface area (Å²) >= 11 is 0. The van der Waals surface area contributed by atoms with Gasteiger partial charge in [-0.3, -0.25) is 0 Å². The minimum Gasteiger partial charge on any atom is -0.381 e. The van der Waals surface area contributed by atoms with Crippen molar-refractivity contribution in [1.29, 1.82) is 0 Å². The lowest BCUT2D eigenvalue weighted by Gasteiger charge is -2.31. The highest BCUT2D eigenvalue weighted by molar-refractivity contribution is 4.71. The summed E-state index contributed by atoms with van der Waals surface area (Å²) in [6, 6.07) is 0. The molecule has 0 spiro atoms. The molecule has 1 fully saturated rings. The molecule has 0 atom stereocenters. The monoisotopic (exact) mass is 213 g/mol. The van der Waals surface area contributed by atoms with Crippen molar-refractivity contribution in [1.82, 2.24) is 4.90 Å². The molecular formula is C13H27NO. The topological polar surface area (TPSA) is 12.5 Å². The van der Waals surface area contributed by atoms with E-state index in [1.807, 2.05) is 0 Å². The van der Waals surface area contributed by atoms with Crippen LogP contribution in [0.25, 0.3) is 0 Å². The Bertz CT molecular complexity index is 139. The van der Waals surface area contributed by atoms with Gasteiger partial charge in [-0.15, -0.1) is 0 Å². The Labute approximate surface area is 95.0 Å². The van der Waals surface area contributed by atoms with Crippen LogP contribution >= 0.6 is 0 Å².